The number of anilines is 3. The van der Waals surface area contributed by atoms with Gasteiger partial charge in [0.1, 0.15) is 11.3 Å². The first kappa shape index (κ1) is 20.6. The molecule has 1 unspecified atom stereocenters. The number of nitrogens with two attached hydrogens (primary N) is 1. The lowest BCUT2D eigenvalue weighted by molar-refractivity contribution is 0.416. The van der Waals surface area contributed by atoms with E-state index < -0.39 is 0 Å². The van der Waals surface area contributed by atoms with Crippen molar-refractivity contribution in [3.05, 3.63) is 48.4 Å². The average Bonchev–Trinajstić information content (AvgIpc) is 3.23. The lowest BCUT2D eigenvalue weighted by atomic mass is 10.1. The number of aromatic nitrogens is 3. The molecule has 0 saturated carbocycles. The minimum Gasteiger partial charge on any atom is -0.495 e. The zero-order valence-corrected chi connectivity index (χ0v) is 18.0. The molecule has 1 aliphatic heterocycles. The second kappa shape index (κ2) is 8.99. The van der Waals surface area contributed by atoms with Crippen molar-refractivity contribution in [3.63, 3.8) is 0 Å². The van der Waals surface area contributed by atoms with Gasteiger partial charge < -0.3 is 20.7 Å². The third kappa shape index (κ3) is 4.28. The van der Waals surface area contributed by atoms with Crippen LogP contribution in [0, 0.1) is 5.92 Å². The van der Waals surface area contributed by atoms with Crippen molar-refractivity contribution in [2.75, 3.05) is 37.5 Å². The highest BCUT2D eigenvalue weighted by atomic mass is 16.5. The molecule has 1 saturated heterocycles. The highest BCUT2D eigenvalue weighted by molar-refractivity contribution is 6.09. The zero-order chi connectivity index (χ0) is 21.8. The van der Waals surface area contributed by atoms with E-state index in [1.807, 2.05) is 36.7 Å². The quantitative estimate of drug-likeness (QED) is 0.591. The topological polar surface area (TPSA) is 102 Å². The number of hydrogen-bond acceptors (Lipinski definition) is 8. The highest BCUT2D eigenvalue weighted by Gasteiger charge is 2.22. The third-order valence-electron chi connectivity index (χ3n) is 5.43. The fourth-order valence-corrected chi connectivity index (χ4v) is 3.81. The van der Waals surface area contributed by atoms with Crippen molar-refractivity contribution in [1.29, 1.82) is 0 Å². The van der Waals surface area contributed by atoms with Gasteiger partial charge >= 0.3 is 0 Å². The summed E-state index contributed by atoms with van der Waals surface area (Å²) in [5.74, 6) is 2.71. The Bertz CT molecular complexity index is 1140. The molecule has 3 heterocycles. The molecule has 0 bridgehead atoms. The standard InChI is InChI=1S/C23H27N7O/c1-15-7-9-30(14-15)22-21-17(6-8-26-22)13-27-23(29-21)28-19-5-4-16(10-20(19)31-3)18(11-24)12-25-2/h4-6,8,10-13,15H,7,9,14,24H2,1-3H3,(H,27,28,29). The van der Waals surface area contributed by atoms with Crippen molar-refractivity contribution in [2.24, 2.45) is 16.6 Å². The summed E-state index contributed by atoms with van der Waals surface area (Å²) in [5.41, 5.74) is 9.05. The van der Waals surface area contributed by atoms with Gasteiger partial charge in [-0.2, -0.15) is 0 Å². The minimum atomic E-state index is 0.491. The SMILES string of the molecule is CN=CC(=CN)c1ccc(Nc2ncc3ccnc(N4CCC(C)C4)c3n2)c(OC)c1. The first-order valence-corrected chi connectivity index (χ1v) is 10.3. The summed E-state index contributed by atoms with van der Waals surface area (Å²) >= 11 is 0. The van der Waals surface area contributed by atoms with E-state index in [4.69, 9.17) is 15.5 Å². The molecule has 0 spiro atoms. The number of methoxy groups -OCH3 is 1. The molecule has 0 amide bonds. The number of nitrogens with zero attached hydrogens (tertiary/aromatic N) is 5. The fourth-order valence-electron chi connectivity index (χ4n) is 3.81. The number of aliphatic imine (C=N–C) groups is 1. The number of nitrogens with one attached hydrogen (secondary N) is 1. The summed E-state index contributed by atoms with van der Waals surface area (Å²) in [6.45, 7) is 4.25. The maximum absolute atomic E-state index is 5.73. The van der Waals surface area contributed by atoms with Crippen molar-refractivity contribution < 1.29 is 4.74 Å². The van der Waals surface area contributed by atoms with Gasteiger partial charge in [-0.1, -0.05) is 13.0 Å². The molecular formula is C23H27N7O. The first-order chi connectivity index (χ1) is 15.1. The molecule has 4 rings (SSSR count). The Kier molecular flexibility index (Phi) is 5.97. The molecule has 8 nitrogen and oxygen atoms in total. The summed E-state index contributed by atoms with van der Waals surface area (Å²) < 4.78 is 5.58. The molecule has 1 atom stereocenters. The van der Waals surface area contributed by atoms with E-state index in [0.717, 1.165) is 46.6 Å². The maximum atomic E-state index is 5.73. The van der Waals surface area contributed by atoms with Crippen molar-refractivity contribution in [1.82, 2.24) is 15.0 Å². The second-order valence-electron chi connectivity index (χ2n) is 7.66. The van der Waals surface area contributed by atoms with Crippen molar-refractivity contribution in [2.45, 2.75) is 13.3 Å². The predicted octanol–water partition coefficient (Wildman–Crippen LogP) is 3.62. The number of benzene rings is 1. The van der Waals surface area contributed by atoms with E-state index in [9.17, 15) is 0 Å². The van der Waals surface area contributed by atoms with Gasteiger partial charge in [0.2, 0.25) is 5.95 Å². The summed E-state index contributed by atoms with van der Waals surface area (Å²) in [4.78, 5) is 20.2. The van der Waals surface area contributed by atoms with Gasteiger partial charge in [-0.05, 0) is 36.1 Å². The number of pyridine rings is 1. The van der Waals surface area contributed by atoms with E-state index in [1.54, 1.807) is 20.4 Å². The molecule has 3 N–H and O–H groups in total. The Morgan fingerprint density at radius 1 is 1.32 bits per heavy atom. The average molecular weight is 418 g/mol. The first-order valence-electron chi connectivity index (χ1n) is 10.3. The van der Waals surface area contributed by atoms with Crippen LogP contribution in [0.2, 0.25) is 0 Å². The number of fused-ring (bicyclic) bond motifs is 1. The summed E-state index contributed by atoms with van der Waals surface area (Å²) in [6.07, 6.45) is 8.04. The third-order valence-corrected chi connectivity index (χ3v) is 5.43. The Labute approximate surface area is 181 Å². The molecule has 31 heavy (non-hydrogen) atoms. The summed E-state index contributed by atoms with van der Waals surface area (Å²) in [6, 6.07) is 7.71. The Morgan fingerprint density at radius 3 is 2.90 bits per heavy atom. The van der Waals surface area contributed by atoms with Crippen LogP contribution in [-0.2, 0) is 0 Å². The predicted molar refractivity (Wildman–Crippen MR) is 126 cm³/mol. The van der Waals surface area contributed by atoms with Gasteiger partial charge in [0.05, 0.1) is 12.8 Å². The molecule has 1 aliphatic rings. The Morgan fingerprint density at radius 2 is 2.19 bits per heavy atom. The molecule has 0 aliphatic carbocycles. The molecule has 160 valence electrons. The normalized spacial score (nSPS) is 16.9. The van der Waals surface area contributed by atoms with Crippen LogP contribution < -0.4 is 20.7 Å². The zero-order valence-electron chi connectivity index (χ0n) is 18.0. The van der Waals surface area contributed by atoms with Crippen LogP contribution in [-0.4, -0.2) is 48.4 Å². The lowest BCUT2D eigenvalue weighted by Crippen LogP contribution is -2.21. The van der Waals surface area contributed by atoms with Crippen LogP contribution in [0.1, 0.15) is 18.9 Å². The summed E-state index contributed by atoms with van der Waals surface area (Å²) in [5, 5.41) is 4.25. The Hall–Kier alpha value is -3.68. The number of hydrogen-bond donors (Lipinski definition) is 2. The molecule has 8 heteroatoms. The molecular weight excluding hydrogens is 390 g/mol. The molecule has 1 aromatic carbocycles. The number of ether oxygens (including phenoxy) is 1. The lowest BCUT2D eigenvalue weighted by Gasteiger charge is -2.18. The molecule has 0 radical (unpaired) electrons. The van der Waals surface area contributed by atoms with Crippen LogP contribution in [0.25, 0.3) is 16.5 Å². The smallest absolute Gasteiger partial charge is 0.227 e. The van der Waals surface area contributed by atoms with Crippen LogP contribution in [0.15, 0.2) is 47.9 Å². The van der Waals surface area contributed by atoms with Crippen molar-refractivity contribution >= 4 is 40.1 Å². The molecule has 2 aromatic heterocycles. The molecule has 1 fully saturated rings. The van der Waals surface area contributed by atoms with Crippen molar-refractivity contribution in [3.8, 4) is 5.75 Å². The van der Waals surface area contributed by atoms with E-state index in [2.05, 4.69) is 32.1 Å². The largest absolute Gasteiger partial charge is 0.495 e. The van der Waals surface area contributed by atoms with E-state index in [0.29, 0.717) is 17.6 Å². The van der Waals surface area contributed by atoms with Crippen LogP contribution >= 0.6 is 0 Å². The molecule has 3 aromatic rings. The van der Waals surface area contributed by atoms with Crippen LogP contribution in [0.5, 0.6) is 5.75 Å². The van der Waals surface area contributed by atoms with Gasteiger partial charge in [-0.25, -0.2) is 15.0 Å². The van der Waals surface area contributed by atoms with Crippen LogP contribution in [0.3, 0.4) is 0 Å². The van der Waals surface area contributed by atoms with Gasteiger partial charge in [-0.3, -0.25) is 4.99 Å². The van der Waals surface area contributed by atoms with Gasteiger partial charge in [0.25, 0.3) is 0 Å². The van der Waals surface area contributed by atoms with E-state index in [-0.39, 0.29) is 0 Å². The van der Waals surface area contributed by atoms with E-state index in [1.165, 1.54) is 12.6 Å². The van der Waals surface area contributed by atoms with Gasteiger partial charge in [-0.15, -0.1) is 0 Å². The Balaban J connectivity index is 1.67. The minimum absolute atomic E-state index is 0.491. The van der Waals surface area contributed by atoms with Gasteiger partial charge in [0.15, 0.2) is 5.82 Å². The monoisotopic (exact) mass is 417 g/mol. The second-order valence-corrected chi connectivity index (χ2v) is 7.66. The fraction of sp³-hybridized carbons (Fsp3) is 0.304. The number of allylic oxidation sites excluding steroid dienone is 1. The van der Waals surface area contributed by atoms with Crippen LogP contribution in [0.4, 0.5) is 17.5 Å². The highest BCUT2D eigenvalue weighted by Crippen LogP contribution is 2.32. The maximum Gasteiger partial charge on any atom is 0.227 e. The summed E-state index contributed by atoms with van der Waals surface area (Å²) in [7, 11) is 3.33. The van der Waals surface area contributed by atoms with E-state index >= 15 is 0 Å². The number of rotatable bonds is 6. The van der Waals surface area contributed by atoms with Gasteiger partial charge in [0, 0.05) is 55.9 Å².